The van der Waals surface area contributed by atoms with Crippen LogP contribution in [0.25, 0.3) is 0 Å². The van der Waals surface area contributed by atoms with Crippen molar-refractivity contribution in [1.82, 2.24) is 10.1 Å². The molecular formula is C9H14N2O. The van der Waals surface area contributed by atoms with E-state index >= 15 is 0 Å². The highest BCUT2D eigenvalue weighted by atomic mass is 16.5. The Balaban J connectivity index is 1.86. The van der Waals surface area contributed by atoms with Gasteiger partial charge < -0.3 is 4.52 Å². The third-order valence-electron chi connectivity index (χ3n) is 2.59. The Bertz CT molecular complexity index is 214. The molecule has 0 atom stereocenters. The summed E-state index contributed by atoms with van der Waals surface area (Å²) >= 11 is 0. The van der Waals surface area contributed by atoms with Gasteiger partial charge in [0.25, 0.3) is 0 Å². The van der Waals surface area contributed by atoms with Crippen LogP contribution in [0.3, 0.4) is 0 Å². The predicted molar refractivity (Wildman–Crippen MR) is 44.6 cm³/mol. The molecule has 0 spiro atoms. The lowest BCUT2D eigenvalue weighted by Gasteiger charge is -2.19. The average molecular weight is 166 g/mol. The van der Waals surface area contributed by atoms with E-state index in [2.05, 4.69) is 10.1 Å². The van der Waals surface area contributed by atoms with Gasteiger partial charge in [-0.15, -0.1) is 0 Å². The summed E-state index contributed by atoms with van der Waals surface area (Å²) < 4.78 is 4.98. The van der Waals surface area contributed by atoms with Crippen molar-refractivity contribution < 1.29 is 4.52 Å². The quantitative estimate of drug-likeness (QED) is 0.676. The zero-order valence-corrected chi connectivity index (χ0v) is 7.20. The first-order chi connectivity index (χ1) is 5.95. The van der Waals surface area contributed by atoms with Crippen LogP contribution in [0.1, 0.15) is 38.0 Å². The van der Waals surface area contributed by atoms with Crippen molar-refractivity contribution in [1.29, 1.82) is 0 Å². The van der Waals surface area contributed by atoms with Gasteiger partial charge in [0.2, 0.25) is 5.89 Å². The molecule has 1 aliphatic carbocycles. The fourth-order valence-electron chi connectivity index (χ4n) is 1.92. The molecule has 1 aromatic rings. The Morgan fingerprint density at radius 2 is 2.17 bits per heavy atom. The topological polar surface area (TPSA) is 38.9 Å². The van der Waals surface area contributed by atoms with Gasteiger partial charge in [-0.1, -0.05) is 24.4 Å². The van der Waals surface area contributed by atoms with Crippen molar-refractivity contribution in [2.45, 2.75) is 38.5 Å². The van der Waals surface area contributed by atoms with Crippen LogP contribution in [0.15, 0.2) is 10.9 Å². The Hall–Kier alpha value is -0.860. The summed E-state index contributed by atoms with van der Waals surface area (Å²) in [7, 11) is 0. The molecule has 0 amide bonds. The summed E-state index contributed by atoms with van der Waals surface area (Å²) in [5.74, 6) is 1.60. The molecule has 0 radical (unpaired) electrons. The maximum absolute atomic E-state index is 4.98. The number of hydrogen-bond donors (Lipinski definition) is 0. The minimum atomic E-state index is 0.791. The third kappa shape index (κ3) is 1.84. The van der Waals surface area contributed by atoms with Crippen LogP contribution in [0, 0.1) is 5.92 Å². The molecule has 1 fully saturated rings. The molecule has 3 heteroatoms. The first-order valence-electron chi connectivity index (χ1n) is 4.71. The first kappa shape index (κ1) is 7.77. The Morgan fingerprint density at radius 3 is 2.83 bits per heavy atom. The van der Waals surface area contributed by atoms with E-state index in [1.807, 2.05) is 0 Å². The second kappa shape index (κ2) is 3.70. The molecule has 0 N–H and O–H groups in total. The highest BCUT2D eigenvalue weighted by Gasteiger charge is 2.15. The van der Waals surface area contributed by atoms with Crippen molar-refractivity contribution >= 4 is 0 Å². The van der Waals surface area contributed by atoms with Gasteiger partial charge in [-0.3, -0.25) is 0 Å². The predicted octanol–water partition coefficient (Wildman–Crippen LogP) is 2.19. The molecule has 66 valence electrons. The van der Waals surface area contributed by atoms with Gasteiger partial charge in [0.05, 0.1) is 0 Å². The van der Waals surface area contributed by atoms with Crippen LogP contribution in [0.5, 0.6) is 0 Å². The molecular weight excluding hydrogens is 152 g/mol. The minimum absolute atomic E-state index is 0.791. The van der Waals surface area contributed by atoms with Crippen molar-refractivity contribution in [3.63, 3.8) is 0 Å². The van der Waals surface area contributed by atoms with E-state index < -0.39 is 0 Å². The molecule has 0 saturated heterocycles. The third-order valence-corrected chi connectivity index (χ3v) is 2.59. The zero-order chi connectivity index (χ0) is 8.23. The monoisotopic (exact) mass is 166 g/mol. The number of nitrogens with zero attached hydrogens (tertiary/aromatic N) is 2. The maximum Gasteiger partial charge on any atom is 0.226 e. The molecule has 2 rings (SSSR count). The lowest BCUT2D eigenvalue weighted by molar-refractivity contribution is 0.304. The molecule has 1 aliphatic rings. The van der Waals surface area contributed by atoms with Crippen molar-refractivity contribution in [3.05, 3.63) is 12.2 Å². The van der Waals surface area contributed by atoms with E-state index in [0.717, 1.165) is 18.2 Å². The second-order valence-corrected chi connectivity index (χ2v) is 3.54. The smallest absolute Gasteiger partial charge is 0.226 e. The van der Waals surface area contributed by atoms with Crippen LogP contribution in [0.2, 0.25) is 0 Å². The fraction of sp³-hybridized carbons (Fsp3) is 0.778. The van der Waals surface area contributed by atoms with Gasteiger partial charge in [-0.2, -0.15) is 4.98 Å². The number of aromatic nitrogens is 2. The van der Waals surface area contributed by atoms with Crippen molar-refractivity contribution in [2.75, 3.05) is 0 Å². The van der Waals surface area contributed by atoms with Gasteiger partial charge in [0, 0.05) is 6.42 Å². The van der Waals surface area contributed by atoms with E-state index in [4.69, 9.17) is 4.52 Å². The van der Waals surface area contributed by atoms with Crippen LogP contribution < -0.4 is 0 Å². The van der Waals surface area contributed by atoms with Crippen molar-refractivity contribution in [3.8, 4) is 0 Å². The molecule has 0 unspecified atom stereocenters. The molecule has 1 heterocycles. The van der Waals surface area contributed by atoms with Gasteiger partial charge in [0.15, 0.2) is 6.33 Å². The van der Waals surface area contributed by atoms with Crippen LogP contribution >= 0.6 is 0 Å². The number of hydrogen-bond acceptors (Lipinski definition) is 3. The van der Waals surface area contributed by atoms with E-state index in [1.54, 1.807) is 0 Å². The highest BCUT2D eigenvalue weighted by molar-refractivity contribution is 4.80. The molecule has 1 saturated carbocycles. The molecule has 3 nitrogen and oxygen atoms in total. The standard InChI is InChI=1S/C9H14N2O/c1-2-4-8(5-3-1)6-9-10-7-11-12-9/h7-8H,1-6H2. The SMILES string of the molecule is c1noc(CC2CCCCC2)n1. The summed E-state index contributed by atoms with van der Waals surface area (Å²) in [6, 6.07) is 0. The summed E-state index contributed by atoms with van der Waals surface area (Å²) in [4.78, 5) is 4.03. The summed E-state index contributed by atoms with van der Waals surface area (Å²) in [6.07, 6.45) is 9.29. The molecule has 1 aromatic heterocycles. The molecule has 0 bridgehead atoms. The van der Waals surface area contributed by atoms with Crippen LogP contribution in [-0.2, 0) is 6.42 Å². The Kier molecular flexibility index (Phi) is 2.39. The van der Waals surface area contributed by atoms with E-state index in [-0.39, 0.29) is 0 Å². The highest BCUT2D eigenvalue weighted by Crippen LogP contribution is 2.25. The average Bonchev–Trinajstić information content (AvgIpc) is 2.59. The van der Waals surface area contributed by atoms with Gasteiger partial charge in [-0.05, 0) is 18.8 Å². The number of rotatable bonds is 2. The molecule has 0 aliphatic heterocycles. The molecule has 0 aromatic carbocycles. The lowest BCUT2D eigenvalue weighted by atomic mass is 9.87. The van der Waals surface area contributed by atoms with E-state index in [9.17, 15) is 0 Å². The molecule has 12 heavy (non-hydrogen) atoms. The summed E-state index contributed by atoms with van der Waals surface area (Å²) in [6.45, 7) is 0. The van der Waals surface area contributed by atoms with E-state index in [0.29, 0.717) is 0 Å². The van der Waals surface area contributed by atoms with Gasteiger partial charge >= 0.3 is 0 Å². The maximum atomic E-state index is 4.98. The second-order valence-electron chi connectivity index (χ2n) is 3.54. The summed E-state index contributed by atoms with van der Waals surface area (Å²) in [5, 5.41) is 3.60. The Morgan fingerprint density at radius 1 is 1.33 bits per heavy atom. The Labute approximate surface area is 72.2 Å². The normalized spacial score (nSPS) is 19.7. The minimum Gasteiger partial charge on any atom is -0.340 e. The fourth-order valence-corrected chi connectivity index (χ4v) is 1.92. The largest absolute Gasteiger partial charge is 0.340 e. The zero-order valence-electron chi connectivity index (χ0n) is 7.20. The van der Waals surface area contributed by atoms with E-state index in [1.165, 1.54) is 38.4 Å². The van der Waals surface area contributed by atoms with Crippen molar-refractivity contribution in [2.24, 2.45) is 5.92 Å². The van der Waals surface area contributed by atoms with Gasteiger partial charge in [-0.25, -0.2) is 0 Å². The van der Waals surface area contributed by atoms with Crippen LogP contribution in [-0.4, -0.2) is 10.1 Å². The van der Waals surface area contributed by atoms with Gasteiger partial charge in [0.1, 0.15) is 0 Å². The first-order valence-corrected chi connectivity index (χ1v) is 4.71. The summed E-state index contributed by atoms with van der Waals surface area (Å²) in [5.41, 5.74) is 0. The lowest BCUT2D eigenvalue weighted by Crippen LogP contribution is -2.09. The van der Waals surface area contributed by atoms with Crippen LogP contribution in [0.4, 0.5) is 0 Å².